The van der Waals surface area contributed by atoms with Crippen LogP contribution in [0.4, 0.5) is 11.5 Å². The Labute approximate surface area is 272 Å². The van der Waals surface area contributed by atoms with Gasteiger partial charge >= 0.3 is 0 Å². The lowest BCUT2D eigenvalue weighted by Gasteiger charge is -2.18. The maximum absolute atomic E-state index is 13.6. The third kappa shape index (κ3) is 8.87. The van der Waals surface area contributed by atoms with Crippen molar-refractivity contribution < 1.29 is 19.4 Å². The van der Waals surface area contributed by atoms with E-state index in [9.17, 15) is 19.5 Å². The fraction of sp³-hybridized carbons (Fsp3) is 0.265. The smallest absolute Gasteiger partial charge is 0.294 e. The number of nitrogens with zero attached hydrogens (tertiary/aromatic N) is 2. The first-order chi connectivity index (χ1) is 22.5. The van der Waals surface area contributed by atoms with Gasteiger partial charge in [-0.05, 0) is 56.2 Å². The first-order valence-corrected chi connectivity index (χ1v) is 15.2. The zero-order chi connectivity index (χ0) is 34.1. The van der Waals surface area contributed by atoms with E-state index in [0.717, 1.165) is 12.0 Å². The number of ether oxygens (including phenoxy) is 1. The van der Waals surface area contributed by atoms with Gasteiger partial charge in [-0.1, -0.05) is 37.3 Å². The van der Waals surface area contributed by atoms with Crippen LogP contribution in [0.15, 0.2) is 71.7 Å². The van der Waals surface area contributed by atoms with Crippen molar-refractivity contribution in [3.8, 4) is 22.8 Å². The maximum atomic E-state index is 13.6. The molecule has 0 saturated carbocycles. The minimum absolute atomic E-state index is 0.0513. The molecule has 4 rings (SSSR count). The van der Waals surface area contributed by atoms with Crippen LogP contribution in [-0.4, -0.2) is 44.9 Å². The molecule has 246 valence electrons. The summed E-state index contributed by atoms with van der Waals surface area (Å²) >= 11 is 0. The normalized spacial score (nSPS) is 10.8. The molecule has 3 aromatic carbocycles. The largest absolute Gasteiger partial charge is 0.507 e. The van der Waals surface area contributed by atoms with Crippen molar-refractivity contribution in [3.05, 3.63) is 99.5 Å². The quantitative estimate of drug-likeness (QED) is 0.0611. The molecule has 0 aliphatic carbocycles. The molecule has 0 aliphatic heterocycles. The molecule has 1 aromatic heterocycles. The fourth-order valence-electron chi connectivity index (χ4n) is 4.73. The van der Waals surface area contributed by atoms with E-state index in [1.165, 1.54) is 29.0 Å². The van der Waals surface area contributed by atoms with Crippen LogP contribution in [-0.2, 0) is 24.5 Å². The highest BCUT2D eigenvalue weighted by molar-refractivity contribution is 5.97. The molecule has 0 radical (unpaired) electrons. The molecule has 1 heterocycles. The summed E-state index contributed by atoms with van der Waals surface area (Å²) in [6, 6.07) is 16.8. The summed E-state index contributed by atoms with van der Waals surface area (Å²) in [5, 5.41) is 27.2. The highest BCUT2D eigenvalue weighted by atomic mass is 16.5. The first-order valence-electron chi connectivity index (χ1n) is 15.2. The predicted molar refractivity (Wildman–Crippen MR) is 181 cm³/mol. The number of phenolic OH excluding ortho intramolecular Hbond substituents is 1. The summed E-state index contributed by atoms with van der Waals surface area (Å²) in [5.41, 5.74) is 13.9. The topological polar surface area (TPSA) is 210 Å². The van der Waals surface area contributed by atoms with Crippen molar-refractivity contribution in [1.82, 2.24) is 20.2 Å². The molecule has 4 aromatic rings. The van der Waals surface area contributed by atoms with Gasteiger partial charge in [0.1, 0.15) is 30.5 Å². The van der Waals surface area contributed by atoms with Crippen molar-refractivity contribution >= 4 is 29.2 Å². The minimum atomic E-state index is -0.552. The second kappa shape index (κ2) is 15.4. The van der Waals surface area contributed by atoms with Gasteiger partial charge in [0, 0.05) is 35.0 Å². The zero-order valence-corrected chi connectivity index (χ0v) is 26.6. The number of aromatic hydroxyl groups is 1. The molecular weight excluding hydrogens is 600 g/mol. The van der Waals surface area contributed by atoms with E-state index in [0.29, 0.717) is 23.4 Å². The van der Waals surface area contributed by atoms with E-state index in [1.807, 2.05) is 51.1 Å². The third-order valence-corrected chi connectivity index (χ3v) is 7.03. The van der Waals surface area contributed by atoms with Crippen LogP contribution in [0, 0.1) is 5.41 Å². The number of carbonyl (C=O) groups excluding carboxylic acids is 2. The lowest BCUT2D eigenvalue weighted by Crippen LogP contribution is -2.35. The summed E-state index contributed by atoms with van der Waals surface area (Å²) in [6.07, 6.45) is 2.20. The first kappa shape index (κ1) is 34.0. The van der Waals surface area contributed by atoms with Gasteiger partial charge in [0.05, 0.1) is 24.0 Å². The van der Waals surface area contributed by atoms with E-state index in [4.69, 9.17) is 21.6 Å². The fourth-order valence-corrected chi connectivity index (χ4v) is 4.73. The number of amides is 2. The van der Waals surface area contributed by atoms with Crippen LogP contribution >= 0.6 is 0 Å². The lowest BCUT2D eigenvalue weighted by atomic mass is 10.1. The van der Waals surface area contributed by atoms with Crippen molar-refractivity contribution in [3.63, 3.8) is 0 Å². The molecule has 2 amide bonds. The molecule has 0 bridgehead atoms. The van der Waals surface area contributed by atoms with Gasteiger partial charge in [-0.2, -0.15) is 0 Å². The Hall–Kier alpha value is -5.85. The van der Waals surface area contributed by atoms with E-state index in [2.05, 4.69) is 20.9 Å². The number of anilines is 2. The van der Waals surface area contributed by atoms with Crippen LogP contribution in [0.5, 0.6) is 11.5 Å². The van der Waals surface area contributed by atoms with Crippen LogP contribution < -0.4 is 37.7 Å². The molecule has 0 unspecified atom stereocenters. The lowest BCUT2D eigenvalue weighted by molar-refractivity contribution is -0.121. The highest BCUT2D eigenvalue weighted by Crippen LogP contribution is 2.31. The van der Waals surface area contributed by atoms with Gasteiger partial charge in [-0.25, -0.2) is 4.98 Å². The molecular formula is C34H40N8O5. The number of phenols is 1. The number of nitrogens with one attached hydrogen (secondary N) is 4. The van der Waals surface area contributed by atoms with E-state index >= 15 is 0 Å². The van der Waals surface area contributed by atoms with Gasteiger partial charge in [-0.3, -0.25) is 24.4 Å². The van der Waals surface area contributed by atoms with Crippen LogP contribution in [0.1, 0.15) is 54.2 Å². The Balaban J connectivity index is 1.64. The monoisotopic (exact) mass is 640 g/mol. The maximum Gasteiger partial charge on any atom is 0.294 e. The summed E-state index contributed by atoms with van der Waals surface area (Å²) in [5.74, 6) is -1.07. The van der Waals surface area contributed by atoms with Crippen molar-refractivity contribution in [2.24, 2.45) is 5.73 Å². The second-order valence-corrected chi connectivity index (χ2v) is 11.2. The average Bonchev–Trinajstić information content (AvgIpc) is 3.03. The molecule has 13 heteroatoms. The van der Waals surface area contributed by atoms with Crippen molar-refractivity contribution in [2.75, 3.05) is 17.6 Å². The number of nitrogen functional groups attached to an aromatic ring is 2. The Morgan fingerprint density at radius 1 is 1.06 bits per heavy atom. The molecule has 0 saturated heterocycles. The summed E-state index contributed by atoms with van der Waals surface area (Å²) in [6.45, 7) is 5.73. The standard InChI is InChI=1S/C34H40N8O5/c1-4-10-38-33(45)24-11-22(12-25(35)13-24)27-17-40-32(41-20(2)3)34(46)42(27)18-30(44)39-16-26-28(43)14-23(31(36)37)15-29(26)47-19-21-8-6-5-7-9-21/h5-9,11-15,17,20,43H,4,10,16,18-19,35H2,1-3H3,(H3,36,37)(H,38,45)(H,39,44)(H,40,41). The number of hydrogen-bond donors (Lipinski definition) is 7. The second-order valence-electron chi connectivity index (χ2n) is 11.2. The van der Waals surface area contributed by atoms with Crippen LogP contribution in [0.3, 0.4) is 0 Å². The molecule has 0 aliphatic rings. The zero-order valence-electron chi connectivity index (χ0n) is 26.6. The summed E-state index contributed by atoms with van der Waals surface area (Å²) in [7, 11) is 0. The Kier molecular flexibility index (Phi) is 11.2. The number of benzene rings is 3. The number of amidine groups is 1. The minimum Gasteiger partial charge on any atom is -0.507 e. The van der Waals surface area contributed by atoms with Gasteiger partial charge in [0.25, 0.3) is 11.5 Å². The molecule has 9 N–H and O–H groups in total. The van der Waals surface area contributed by atoms with Crippen molar-refractivity contribution in [2.45, 2.75) is 52.9 Å². The SMILES string of the molecule is CCCNC(=O)c1cc(N)cc(-c2cnc(NC(C)C)c(=O)n2CC(=O)NCc2c(O)cc(C(=N)N)cc2OCc2ccccc2)c1. The molecule has 0 spiro atoms. The van der Waals surface area contributed by atoms with E-state index in [1.54, 1.807) is 12.1 Å². The summed E-state index contributed by atoms with van der Waals surface area (Å²) < 4.78 is 7.23. The van der Waals surface area contributed by atoms with Gasteiger partial charge in [0.15, 0.2) is 5.82 Å². The van der Waals surface area contributed by atoms with Crippen LogP contribution in [0.2, 0.25) is 0 Å². The van der Waals surface area contributed by atoms with Crippen molar-refractivity contribution in [1.29, 1.82) is 5.41 Å². The Morgan fingerprint density at radius 2 is 1.81 bits per heavy atom. The molecule has 0 fully saturated rings. The van der Waals surface area contributed by atoms with Gasteiger partial charge in [0.2, 0.25) is 5.91 Å². The number of hydrogen-bond acceptors (Lipinski definition) is 9. The number of rotatable bonds is 14. The third-order valence-electron chi connectivity index (χ3n) is 7.03. The molecule has 13 nitrogen and oxygen atoms in total. The predicted octanol–water partition coefficient (Wildman–Crippen LogP) is 3.34. The molecule has 47 heavy (non-hydrogen) atoms. The average molecular weight is 641 g/mol. The van der Waals surface area contributed by atoms with Gasteiger partial charge < -0.3 is 37.3 Å². The molecule has 0 atom stereocenters. The Morgan fingerprint density at radius 3 is 2.49 bits per heavy atom. The van der Waals surface area contributed by atoms with Crippen LogP contribution in [0.25, 0.3) is 11.3 Å². The number of nitrogens with two attached hydrogens (primary N) is 2. The number of aromatic nitrogens is 2. The summed E-state index contributed by atoms with van der Waals surface area (Å²) in [4.78, 5) is 44.1. The van der Waals surface area contributed by atoms with E-state index < -0.39 is 18.0 Å². The Bertz CT molecular complexity index is 1820. The highest BCUT2D eigenvalue weighted by Gasteiger charge is 2.19. The van der Waals surface area contributed by atoms with E-state index in [-0.39, 0.29) is 65.1 Å². The number of carbonyl (C=O) groups is 2. The van der Waals surface area contributed by atoms with Gasteiger partial charge in [-0.15, -0.1) is 0 Å².